The monoisotopic (exact) mass is 540 g/mol. The molecule has 0 bridgehead atoms. The number of carbonyl (C=O) groups is 3. The topological polar surface area (TPSA) is 103 Å². The standard InChI is InChI=1S/C32H36N4O4/c1-20-11-13-23-9-7-8-10-25(23)26(20)19-36-28-16-12-22(18-33)17-24(28)14-15-27(30(36)38)34-29(37)21(2)35(6)31(39)40-32(3,4)5/h7-13,16-17,21,27H,14-15,19H2,1-6H3,(H,34,37)/t21-,27-/m0/s1. The third kappa shape index (κ3) is 6.09. The van der Waals surface area contributed by atoms with Crippen molar-refractivity contribution in [1.82, 2.24) is 10.2 Å². The number of anilines is 1. The van der Waals surface area contributed by atoms with Crippen LogP contribution in [0.25, 0.3) is 10.8 Å². The Morgan fingerprint density at radius 3 is 2.60 bits per heavy atom. The van der Waals surface area contributed by atoms with Crippen LogP contribution >= 0.6 is 0 Å². The van der Waals surface area contributed by atoms with Gasteiger partial charge in [0.1, 0.15) is 17.7 Å². The van der Waals surface area contributed by atoms with Crippen molar-refractivity contribution in [1.29, 1.82) is 5.26 Å². The van der Waals surface area contributed by atoms with E-state index in [2.05, 4.69) is 17.5 Å². The van der Waals surface area contributed by atoms with E-state index in [0.717, 1.165) is 33.2 Å². The van der Waals surface area contributed by atoms with Gasteiger partial charge < -0.3 is 15.0 Å². The number of amides is 3. The lowest BCUT2D eigenvalue weighted by Gasteiger charge is -2.30. The fraction of sp³-hybridized carbons (Fsp3) is 0.375. The van der Waals surface area contributed by atoms with Crippen molar-refractivity contribution >= 4 is 34.4 Å². The van der Waals surface area contributed by atoms with E-state index < -0.39 is 29.7 Å². The summed E-state index contributed by atoms with van der Waals surface area (Å²) in [5.41, 5.74) is 3.49. The lowest BCUT2D eigenvalue weighted by Crippen LogP contribution is -2.54. The molecule has 0 unspecified atom stereocenters. The summed E-state index contributed by atoms with van der Waals surface area (Å²) in [6, 6.07) is 18.0. The van der Waals surface area contributed by atoms with E-state index in [4.69, 9.17) is 4.74 Å². The molecule has 0 aliphatic carbocycles. The second-order valence-corrected chi connectivity index (χ2v) is 11.3. The molecule has 3 amide bonds. The molecule has 0 saturated heterocycles. The summed E-state index contributed by atoms with van der Waals surface area (Å²) in [6.45, 7) is 9.22. The number of hydrogen-bond acceptors (Lipinski definition) is 5. The van der Waals surface area contributed by atoms with Crippen LogP contribution in [0, 0.1) is 18.3 Å². The third-order valence-electron chi connectivity index (χ3n) is 7.32. The molecule has 208 valence electrons. The van der Waals surface area contributed by atoms with Crippen LogP contribution in [0.4, 0.5) is 10.5 Å². The molecule has 1 aliphatic rings. The number of nitrogens with one attached hydrogen (secondary N) is 1. The van der Waals surface area contributed by atoms with Gasteiger partial charge in [-0.1, -0.05) is 36.4 Å². The Morgan fingerprint density at radius 1 is 1.18 bits per heavy atom. The maximum atomic E-state index is 14.1. The van der Waals surface area contributed by atoms with Crippen molar-refractivity contribution in [2.45, 2.75) is 71.7 Å². The molecule has 0 saturated carbocycles. The molecular formula is C32H36N4O4. The van der Waals surface area contributed by atoms with Gasteiger partial charge in [0, 0.05) is 12.7 Å². The minimum Gasteiger partial charge on any atom is -0.444 e. The van der Waals surface area contributed by atoms with Gasteiger partial charge in [-0.05, 0) is 93.1 Å². The Hall–Kier alpha value is -4.38. The van der Waals surface area contributed by atoms with Gasteiger partial charge in [-0.2, -0.15) is 5.26 Å². The number of aryl methyl sites for hydroxylation is 2. The number of nitriles is 1. The molecule has 40 heavy (non-hydrogen) atoms. The Balaban J connectivity index is 1.65. The van der Waals surface area contributed by atoms with Crippen LogP contribution in [0.3, 0.4) is 0 Å². The Morgan fingerprint density at radius 2 is 1.90 bits per heavy atom. The Bertz CT molecular complexity index is 1500. The average Bonchev–Trinajstić information content (AvgIpc) is 3.04. The van der Waals surface area contributed by atoms with Gasteiger partial charge in [-0.15, -0.1) is 0 Å². The Kier molecular flexibility index (Phi) is 8.15. The van der Waals surface area contributed by atoms with E-state index in [0.29, 0.717) is 24.9 Å². The maximum absolute atomic E-state index is 14.1. The highest BCUT2D eigenvalue weighted by molar-refractivity contribution is 6.02. The number of benzene rings is 3. The van der Waals surface area contributed by atoms with Gasteiger partial charge in [0.25, 0.3) is 0 Å². The zero-order chi connectivity index (χ0) is 29.2. The molecule has 3 aromatic carbocycles. The van der Waals surface area contributed by atoms with E-state index in [1.54, 1.807) is 38.7 Å². The second-order valence-electron chi connectivity index (χ2n) is 11.3. The molecule has 0 radical (unpaired) electrons. The smallest absolute Gasteiger partial charge is 0.410 e. The van der Waals surface area contributed by atoms with E-state index in [9.17, 15) is 19.6 Å². The van der Waals surface area contributed by atoms with Crippen molar-refractivity contribution in [3.05, 3.63) is 76.9 Å². The highest BCUT2D eigenvalue weighted by Gasteiger charge is 2.35. The van der Waals surface area contributed by atoms with Gasteiger partial charge in [-0.25, -0.2) is 4.79 Å². The molecule has 0 spiro atoms. The molecule has 1 N–H and O–H groups in total. The molecule has 2 atom stereocenters. The summed E-state index contributed by atoms with van der Waals surface area (Å²) in [5, 5.41) is 14.5. The molecule has 4 rings (SSSR count). The number of rotatable bonds is 5. The number of nitrogens with zero attached hydrogens (tertiary/aromatic N) is 3. The first-order chi connectivity index (χ1) is 18.9. The fourth-order valence-electron chi connectivity index (χ4n) is 4.92. The Labute approximate surface area is 235 Å². The van der Waals surface area contributed by atoms with Crippen molar-refractivity contribution < 1.29 is 19.1 Å². The van der Waals surface area contributed by atoms with Crippen LogP contribution in [0.5, 0.6) is 0 Å². The largest absolute Gasteiger partial charge is 0.444 e. The highest BCUT2D eigenvalue weighted by atomic mass is 16.6. The van der Waals surface area contributed by atoms with Crippen LogP contribution < -0.4 is 10.2 Å². The molecule has 8 nitrogen and oxygen atoms in total. The van der Waals surface area contributed by atoms with Gasteiger partial charge >= 0.3 is 6.09 Å². The summed E-state index contributed by atoms with van der Waals surface area (Å²) < 4.78 is 5.40. The number of likely N-dealkylation sites (N-methyl/N-ethyl adjacent to an activating group) is 1. The number of carbonyl (C=O) groups excluding carboxylic acids is 3. The van der Waals surface area contributed by atoms with Gasteiger partial charge in [-0.3, -0.25) is 14.5 Å². The van der Waals surface area contributed by atoms with Crippen LogP contribution in [-0.2, 0) is 27.3 Å². The zero-order valence-electron chi connectivity index (χ0n) is 23.9. The van der Waals surface area contributed by atoms with Crippen LogP contribution in [-0.4, -0.2) is 47.5 Å². The normalized spacial score (nSPS) is 16.0. The first kappa shape index (κ1) is 28.6. The van der Waals surface area contributed by atoms with Gasteiger partial charge in [0.15, 0.2) is 0 Å². The summed E-state index contributed by atoms with van der Waals surface area (Å²) in [4.78, 5) is 42.9. The maximum Gasteiger partial charge on any atom is 0.410 e. The molecule has 0 aromatic heterocycles. The lowest BCUT2D eigenvalue weighted by molar-refractivity contribution is -0.130. The molecule has 1 aliphatic heterocycles. The van der Waals surface area contributed by atoms with Crippen molar-refractivity contribution in [3.8, 4) is 6.07 Å². The number of hydrogen-bond donors (Lipinski definition) is 1. The highest BCUT2D eigenvalue weighted by Crippen LogP contribution is 2.32. The average molecular weight is 541 g/mol. The first-order valence-electron chi connectivity index (χ1n) is 13.5. The fourth-order valence-corrected chi connectivity index (χ4v) is 4.92. The minimum atomic E-state index is -0.854. The van der Waals surface area contributed by atoms with Crippen molar-refractivity contribution in [3.63, 3.8) is 0 Å². The molecule has 0 fully saturated rings. The summed E-state index contributed by atoms with van der Waals surface area (Å²) in [7, 11) is 1.50. The first-order valence-corrected chi connectivity index (χ1v) is 13.5. The summed E-state index contributed by atoms with van der Waals surface area (Å²) in [6.07, 6.45) is 0.246. The minimum absolute atomic E-state index is 0.240. The van der Waals surface area contributed by atoms with E-state index in [-0.39, 0.29) is 5.91 Å². The predicted octanol–water partition coefficient (Wildman–Crippen LogP) is 5.24. The van der Waals surface area contributed by atoms with Gasteiger partial charge in [0.05, 0.1) is 18.2 Å². The lowest BCUT2D eigenvalue weighted by atomic mass is 9.98. The predicted molar refractivity (Wildman–Crippen MR) is 155 cm³/mol. The van der Waals surface area contributed by atoms with Crippen molar-refractivity contribution in [2.75, 3.05) is 11.9 Å². The second kappa shape index (κ2) is 11.4. The van der Waals surface area contributed by atoms with Crippen LogP contribution in [0.2, 0.25) is 0 Å². The molecular weight excluding hydrogens is 504 g/mol. The van der Waals surface area contributed by atoms with Gasteiger partial charge in [0.2, 0.25) is 11.8 Å². The van der Waals surface area contributed by atoms with E-state index in [1.165, 1.54) is 11.9 Å². The zero-order valence-corrected chi connectivity index (χ0v) is 23.9. The van der Waals surface area contributed by atoms with Crippen LogP contribution in [0.1, 0.15) is 56.4 Å². The SMILES string of the molecule is Cc1ccc2ccccc2c1CN1C(=O)[C@@H](NC(=O)[C@H](C)N(C)C(=O)OC(C)(C)C)CCc2cc(C#N)ccc21. The quantitative estimate of drug-likeness (QED) is 0.477. The van der Waals surface area contributed by atoms with Crippen LogP contribution in [0.15, 0.2) is 54.6 Å². The molecule has 1 heterocycles. The molecule has 3 aromatic rings. The number of ether oxygens (including phenoxy) is 1. The summed E-state index contributed by atoms with van der Waals surface area (Å²) in [5.74, 6) is -0.687. The summed E-state index contributed by atoms with van der Waals surface area (Å²) >= 11 is 0. The molecule has 8 heteroatoms. The number of fused-ring (bicyclic) bond motifs is 2. The van der Waals surface area contributed by atoms with E-state index >= 15 is 0 Å². The third-order valence-corrected chi connectivity index (χ3v) is 7.32. The van der Waals surface area contributed by atoms with Crippen molar-refractivity contribution in [2.24, 2.45) is 0 Å². The van der Waals surface area contributed by atoms with E-state index in [1.807, 2.05) is 49.4 Å².